The van der Waals surface area contributed by atoms with Crippen molar-refractivity contribution >= 4 is 22.9 Å². The summed E-state index contributed by atoms with van der Waals surface area (Å²) in [6.45, 7) is 1.13. The number of nitrogens with one attached hydrogen (secondary N) is 2. The highest BCUT2D eigenvalue weighted by molar-refractivity contribution is 7.07. The zero-order chi connectivity index (χ0) is 12.3. The molecule has 0 fully saturated rings. The molecule has 0 unspecified atom stereocenters. The van der Waals surface area contributed by atoms with Crippen molar-refractivity contribution in [3.8, 4) is 0 Å². The highest BCUT2D eigenvalue weighted by Crippen LogP contribution is 2.15. The molecule has 17 heavy (non-hydrogen) atoms. The fourth-order valence-corrected chi connectivity index (χ4v) is 2.18. The summed E-state index contributed by atoms with van der Waals surface area (Å²) in [4.78, 5) is 13.5. The van der Waals surface area contributed by atoms with E-state index < -0.39 is 5.82 Å². The van der Waals surface area contributed by atoms with E-state index in [9.17, 15) is 9.18 Å². The van der Waals surface area contributed by atoms with Crippen LogP contribution >= 0.6 is 22.9 Å². The van der Waals surface area contributed by atoms with E-state index in [4.69, 9.17) is 11.6 Å². The Morgan fingerprint density at radius 1 is 1.41 bits per heavy atom. The molecule has 1 heterocycles. The van der Waals surface area contributed by atoms with Crippen molar-refractivity contribution in [2.45, 2.75) is 13.1 Å². The highest BCUT2D eigenvalue weighted by Gasteiger charge is 2.01. The van der Waals surface area contributed by atoms with Crippen molar-refractivity contribution < 1.29 is 4.39 Å². The van der Waals surface area contributed by atoms with E-state index in [0.717, 1.165) is 22.6 Å². The summed E-state index contributed by atoms with van der Waals surface area (Å²) >= 11 is 6.80. The molecule has 0 saturated carbocycles. The topological polar surface area (TPSA) is 44.9 Å². The van der Waals surface area contributed by atoms with Crippen molar-refractivity contribution in [2.75, 3.05) is 0 Å². The van der Waals surface area contributed by atoms with E-state index in [0.29, 0.717) is 13.1 Å². The SMILES string of the molecule is O=c1[nH]c(CNCc2ccc(F)c(Cl)c2)cs1. The Bertz CT molecular complexity index is 567. The van der Waals surface area contributed by atoms with Crippen LogP contribution in [0.15, 0.2) is 28.4 Å². The van der Waals surface area contributed by atoms with Crippen LogP contribution in [0.1, 0.15) is 11.3 Å². The fourth-order valence-electron chi connectivity index (χ4n) is 1.39. The maximum atomic E-state index is 12.9. The summed E-state index contributed by atoms with van der Waals surface area (Å²) in [6.07, 6.45) is 0. The lowest BCUT2D eigenvalue weighted by atomic mass is 10.2. The standard InChI is InChI=1S/C11H10ClFN2OS/c12-9-3-7(1-2-10(9)13)4-14-5-8-6-17-11(16)15-8/h1-3,6,14H,4-5H2,(H,15,16). The number of aromatic nitrogens is 1. The molecule has 1 aromatic heterocycles. The van der Waals surface area contributed by atoms with Crippen molar-refractivity contribution in [3.63, 3.8) is 0 Å². The Hall–Kier alpha value is -1.17. The van der Waals surface area contributed by atoms with Crippen molar-refractivity contribution in [1.82, 2.24) is 10.3 Å². The molecular formula is C11H10ClFN2OS. The third-order valence-electron chi connectivity index (χ3n) is 2.20. The second-order valence-corrected chi connectivity index (χ2v) is 4.77. The summed E-state index contributed by atoms with van der Waals surface area (Å²) in [7, 11) is 0. The van der Waals surface area contributed by atoms with E-state index in [-0.39, 0.29) is 9.90 Å². The Labute approximate surface area is 106 Å². The van der Waals surface area contributed by atoms with Crippen molar-refractivity contribution in [2.24, 2.45) is 0 Å². The molecule has 2 aromatic rings. The molecule has 0 aliphatic carbocycles. The average Bonchev–Trinajstić information content (AvgIpc) is 2.70. The molecule has 2 rings (SSSR count). The highest BCUT2D eigenvalue weighted by atomic mass is 35.5. The van der Waals surface area contributed by atoms with Crippen molar-refractivity contribution in [1.29, 1.82) is 0 Å². The number of thiazole rings is 1. The average molecular weight is 273 g/mol. The quantitative estimate of drug-likeness (QED) is 0.898. The van der Waals surface area contributed by atoms with Gasteiger partial charge in [0.25, 0.3) is 0 Å². The molecular weight excluding hydrogens is 263 g/mol. The van der Waals surface area contributed by atoms with Gasteiger partial charge in [0, 0.05) is 24.2 Å². The number of aromatic amines is 1. The molecule has 90 valence electrons. The van der Waals surface area contributed by atoms with Gasteiger partial charge in [0.05, 0.1) is 5.02 Å². The van der Waals surface area contributed by atoms with E-state index in [1.165, 1.54) is 6.07 Å². The van der Waals surface area contributed by atoms with E-state index in [2.05, 4.69) is 10.3 Å². The first-order chi connectivity index (χ1) is 8.15. The minimum atomic E-state index is -0.419. The monoisotopic (exact) mass is 272 g/mol. The second kappa shape index (κ2) is 5.44. The Morgan fingerprint density at radius 2 is 2.24 bits per heavy atom. The fraction of sp³-hybridized carbons (Fsp3) is 0.182. The molecule has 1 aromatic carbocycles. The predicted molar refractivity (Wildman–Crippen MR) is 66.9 cm³/mol. The van der Waals surface area contributed by atoms with Crippen LogP contribution in [0.25, 0.3) is 0 Å². The van der Waals surface area contributed by atoms with Crippen molar-refractivity contribution in [3.05, 3.63) is 55.3 Å². The van der Waals surface area contributed by atoms with Gasteiger partial charge in [-0.25, -0.2) is 4.39 Å². The van der Waals surface area contributed by atoms with Crippen LogP contribution in [0, 0.1) is 5.82 Å². The number of rotatable bonds is 4. The second-order valence-electron chi connectivity index (χ2n) is 3.53. The molecule has 2 N–H and O–H groups in total. The third-order valence-corrected chi connectivity index (χ3v) is 3.21. The van der Waals surface area contributed by atoms with Gasteiger partial charge in [0.15, 0.2) is 0 Å². The van der Waals surface area contributed by atoms with E-state index in [1.807, 2.05) is 0 Å². The number of H-pyrrole nitrogens is 1. The molecule has 0 bridgehead atoms. The normalized spacial score (nSPS) is 10.7. The molecule has 0 aliphatic rings. The van der Waals surface area contributed by atoms with Gasteiger partial charge in [0.2, 0.25) is 0 Å². The lowest BCUT2D eigenvalue weighted by Crippen LogP contribution is -2.13. The number of benzene rings is 1. The maximum Gasteiger partial charge on any atom is 0.304 e. The minimum Gasteiger partial charge on any atom is -0.315 e. The van der Waals surface area contributed by atoms with Crippen LogP contribution in [0.5, 0.6) is 0 Å². The van der Waals surface area contributed by atoms with Crippen LogP contribution in [-0.4, -0.2) is 4.98 Å². The largest absolute Gasteiger partial charge is 0.315 e. The first kappa shape index (κ1) is 12.3. The molecule has 0 spiro atoms. The molecule has 6 heteroatoms. The molecule has 3 nitrogen and oxygen atoms in total. The Kier molecular flexibility index (Phi) is 3.93. The summed E-state index contributed by atoms with van der Waals surface area (Å²) in [5.41, 5.74) is 1.74. The van der Waals surface area contributed by atoms with Gasteiger partial charge >= 0.3 is 4.87 Å². The van der Waals surface area contributed by atoms with Gasteiger partial charge in [0.1, 0.15) is 5.82 Å². The smallest absolute Gasteiger partial charge is 0.304 e. The van der Waals surface area contributed by atoms with E-state index in [1.54, 1.807) is 17.5 Å². The molecule has 0 aliphatic heterocycles. The summed E-state index contributed by atoms with van der Waals surface area (Å²) in [6, 6.07) is 4.59. The predicted octanol–water partition coefficient (Wildman–Crippen LogP) is 2.52. The maximum absolute atomic E-state index is 12.9. The zero-order valence-electron chi connectivity index (χ0n) is 8.80. The number of hydrogen-bond donors (Lipinski definition) is 2. The van der Waals surface area contributed by atoms with Gasteiger partial charge in [-0.1, -0.05) is 29.0 Å². The number of hydrogen-bond acceptors (Lipinski definition) is 3. The molecule has 0 saturated heterocycles. The molecule has 0 amide bonds. The summed E-state index contributed by atoms with van der Waals surface area (Å²) < 4.78 is 12.9. The molecule has 0 atom stereocenters. The number of halogens is 2. The minimum absolute atomic E-state index is 0.0633. The van der Waals surface area contributed by atoms with Crippen LogP contribution < -0.4 is 10.2 Å². The van der Waals surface area contributed by atoms with E-state index >= 15 is 0 Å². The lowest BCUT2D eigenvalue weighted by molar-refractivity contribution is 0.625. The third kappa shape index (κ3) is 3.39. The Balaban J connectivity index is 1.89. The van der Waals surface area contributed by atoms with Gasteiger partial charge in [-0.2, -0.15) is 0 Å². The first-order valence-electron chi connectivity index (χ1n) is 4.96. The first-order valence-corrected chi connectivity index (χ1v) is 6.22. The van der Waals surface area contributed by atoms with Crippen LogP contribution in [0.2, 0.25) is 5.02 Å². The molecule has 0 radical (unpaired) electrons. The van der Waals surface area contributed by atoms with Gasteiger partial charge in [-0.3, -0.25) is 4.79 Å². The van der Waals surface area contributed by atoms with Crippen LogP contribution in [0.4, 0.5) is 4.39 Å². The zero-order valence-corrected chi connectivity index (χ0v) is 10.4. The van der Waals surface area contributed by atoms with Crippen LogP contribution in [-0.2, 0) is 13.1 Å². The Morgan fingerprint density at radius 3 is 2.88 bits per heavy atom. The summed E-state index contributed by atoms with van der Waals surface area (Å²) in [5, 5.41) is 5.02. The lowest BCUT2D eigenvalue weighted by Gasteiger charge is -2.04. The van der Waals surface area contributed by atoms with Crippen LogP contribution in [0.3, 0.4) is 0 Å². The van der Waals surface area contributed by atoms with Gasteiger partial charge in [-0.15, -0.1) is 0 Å². The van der Waals surface area contributed by atoms with Gasteiger partial charge in [-0.05, 0) is 17.7 Å². The van der Waals surface area contributed by atoms with Gasteiger partial charge < -0.3 is 10.3 Å². The summed E-state index contributed by atoms with van der Waals surface area (Å²) in [5.74, 6) is -0.419.